The Balaban J connectivity index is 0.000000169. The number of carboxylic acids is 2. The largest absolute Gasteiger partial charge is 0.492 e. The number of carboxylic acid groups (broad SMARTS) is 2. The number of rotatable bonds is 34. The highest BCUT2D eigenvalue weighted by Crippen LogP contribution is 2.60. The summed E-state index contributed by atoms with van der Waals surface area (Å²) in [5, 5.41) is 45.3. The molecule has 4 saturated heterocycles. The van der Waals surface area contributed by atoms with E-state index in [0.29, 0.717) is 127 Å². The Bertz CT molecular complexity index is 4850. The third-order valence-electron chi connectivity index (χ3n) is 27.6. The number of β-amino-alcohol motifs (C(OH)–C–C–N with tert-alkyl or cyclic N) is 1. The van der Waals surface area contributed by atoms with Gasteiger partial charge in [-0.3, -0.25) is 48.2 Å². The first kappa shape index (κ1) is 92.3. The molecular formula is C95H130ClN11O18. The summed E-state index contributed by atoms with van der Waals surface area (Å²) in [5.41, 5.74) is -0.916. The lowest BCUT2D eigenvalue weighted by molar-refractivity contribution is -0.157. The fourth-order valence-electron chi connectivity index (χ4n) is 19.9. The molecule has 0 radical (unpaired) electrons. The van der Waals surface area contributed by atoms with Crippen molar-refractivity contribution in [3.8, 4) is 28.9 Å². The molecule has 4 N–H and O–H groups in total. The number of ether oxygens (including phenoxy) is 7. The smallest absolute Gasteiger partial charge is 0.310 e. The number of pyridine rings is 2. The number of hydrogen-bond donors (Lipinski definition) is 4. The van der Waals surface area contributed by atoms with Gasteiger partial charge in [0, 0.05) is 131 Å². The van der Waals surface area contributed by atoms with Crippen molar-refractivity contribution in [2.45, 2.75) is 235 Å². The molecular weight excluding hydrogens is 1620 g/mol. The average Bonchev–Trinajstić information content (AvgIpc) is 1.58. The molecule has 10 fully saturated rings. The zero-order valence-electron chi connectivity index (χ0n) is 74.9. The molecule has 6 aromatic rings. The third kappa shape index (κ3) is 22.6. The predicted molar refractivity (Wildman–Crippen MR) is 469 cm³/mol. The monoisotopic (exact) mass is 1750 g/mol. The zero-order valence-corrected chi connectivity index (χ0v) is 75.7. The Morgan fingerprint density at radius 2 is 1.03 bits per heavy atom. The number of esters is 2. The van der Waals surface area contributed by atoms with Crippen molar-refractivity contribution < 1.29 is 86.8 Å². The second-order valence-electron chi connectivity index (χ2n) is 39.8. The van der Waals surface area contributed by atoms with E-state index in [1.807, 2.05) is 142 Å². The topological polar surface area (TPSA) is 348 Å². The highest BCUT2D eigenvalue weighted by Gasteiger charge is 2.63. The van der Waals surface area contributed by atoms with Crippen molar-refractivity contribution in [3.05, 3.63) is 83.8 Å². The number of halogens is 1. The van der Waals surface area contributed by atoms with Gasteiger partial charge in [-0.2, -0.15) is 5.10 Å². The van der Waals surface area contributed by atoms with Crippen LogP contribution in [0.15, 0.2) is 73.1 Å². The number of benzene rings is 2. The molecule has 16 rings (SSSR count). The molecule has 10 aliphatic rings. The van der Waals surface area contributed by atoms with Gasteiger partial charge in [0.05, 0.1) is 108 Å². The van der Waals surface area contributed by atoms with Gasteiger partial charge in [0.1, 0.15) is 54.6 Å². The van der Waals surface area contributed by atoms with Crippen LogP contribution in [0.2, 0.25) is 5.02 Å². The number of aromatic nitrogens is 6. The maximum absolute atomic E-state index is 14.9. The van der Waals surface area contributed by atoms with Crippen LogP contribution in [0.3, 0.4) is 0 Å². The van der Waals surface area contributed by atoms with E-state index >= 15 is 0 Å². The van der Waals surface area contributed by atoms with Gasteiger partial charge in [0.15, 0.2) is 23.2 Å². The number of ketones is 2. The van der Waals surface area contributed by atoms with Crippen LogP contribution < -0.4 is 19.5 Å². The highest BCUT2D eigenvalue weighted by atomic mass is 35.5. The molecule has 29 nitrogen and oxygen atoms in total. The molecule has 16 atom stereocenters. The molecule has 4 aliphatic heterocycles. The van der Waals surface area contributed by atoms with E-state index < -0.39 is 81.7 Å². The molecule has 6 saturated carbocycles. The molecule has 680 valence electrons. The molecule has 0 spiro atoms. The van der Waals surface area contributed by atoms with E-state index in [-0.39, 0.29) is 105 Å². The number of fused-ring (bicyclic) bond motifs is 4. The Morgan fingerprint density at radius 3 is 1.50 bits per heavy atom. The van der Waals surface area contributed by atoms with E-state index in [1.165, 1.54) is 17.7 Å². The van der Waals surface area contributed by atoms with Gasteiger partial charge in [0.2, 0.25) is 11.8 Å². The van der Waals surface area contributed by atoms with Gasteiger partial charge in [-0.15, -0.1) is 5.10 Å². The van der Waals surface area contributed by atoms with E-state index in [1.54, 1.807) is 14.3 Å². The van der Waals surface area contributed by atoms with Crippen LogP contribution in [0.4, 0.5) is 5.82 Å². The number of aliphatic hydroxyl groups excluding tert-OH is 1. The number of nitrogens with zero attached hydrogens (tertiary/aromatic N) is 10. The second kappa shape index (κ2) is 39.0. The van der Waals surface area contributed by atoms with Gasteiger partial charge in [0.25, 0.3) is 0 Å². The van der Waals surface area contributed by atoms with Crippen LogP contribution in [0, 0.1) is 74.9 Å². The summed E-state index contributed by atoms with van der Waals surface area (Å²) in [6, 6.07) is 17.5. The van der Waals surface area contributed by atoms with Crippen molar-refractivity contribution in [1.82, 2.24) is 49.1 Å². The molecule has 0 bridgehead atoms. The van der Waals surface area contributed by atoms with Gasteiger partial charge < -0.3 is 63.6 Å². The first-order valence-electron chi connectivity index (χ1n) is 45.7. The lowest BCUT2D eigenvalue weighted by Crippen LogP contribution is -2.48. The summed E-state index contributed by atoms with van der Waals surface area (Å²) in [6.45, 7) is 33.3. The molecule has 2 amide bonds. The number of anilines is 1. The van der Waals surface area contributed by atoms with Crippen molar-refractivity contribution in [2.24, 2.45) is 74.9 Å². The van der Waals surface area contributed by atoms with E-state index in [9.17, 15) is 53.7 Å². The summed E-state index contributed by atoms with van der Waals surface area (Å²) in [4.78, 5) is 124. The number of likely N-dealkylation sites (tertiary alicyclic amines) is 2. The number of aliphatic carboxylic acids is 2. The fraction of sp³-hybridized carbons (Fsp3) is 0.663. The summed E-state index contributed by atoms with van der Waals surface area (Å²) in [6.07, 6.45) is 11.0. The number of carbonyl (C=O) groups is 8. The second-order valence-corrected chi connectivity index (χ2v) is 40.2. The molecule has 4 aromatic heterocycles. The van der Waals surface area contributed by atoms with E-state index in [4.69, 9.17) is 59.8 Å². The molecule has 30 heteroatoms. The van der Waals surface area contributed by atoms with Crippen LogP contribution in [-0.2, 0) is 63.7 Å². The quantitative estimate of drug-likeness (QED) is 0.0273. The van der Waals surface area contributed by atoms with Crippen LogP contribution in [0.5, 0.6) is 17.2 Å². The predicted octanol–water partition coefficient (Wildman–Crippen LogP) is 12.9. The standard InChI is InChI=1S/C47H64N6O9.C26H39NO7.C22H27ClN4O2/c1-7-31-25-47(31,45(57)58)26-39(54)38-22-34(27-52(38)44(56)36(46(4,5)6)23-43(55)62-33-19-29-18-30(29)20-33)61-40-24-42(53-11-10-41(50-53)48-28(2)3)49-37-21-32(8-9-35(37)40)60-17-14-51-12-15-59-16-13-51;1-5-16-11-26(16,24(32)33)12-21(29)20-9-17(28)13-27(20)23(31)19(25(2,3)4)10-22(30)34-18-7-14-6-15(14)8-18;1-16(2)13-17-5-6-27(25-17)22-15-20(23)19-4-3-18(14-21(19)24-22)29-12-9-26-7-10-28-11-8-26/h8-11,21,24,28-31,33-34,36,38H,7,12-20,22-23,25-27H2,1-6H3,(H,48,50)(H,57,58);14-20,28H,5-13H2,1-4H3,(H,32,33);3-6,14-16H,7-13H2,1-2H3/t29-,30+,31-,33?,34?,36-,38+,47-;14-,15+,16-,17-,18?,19-,20+,26-;/m11./s1. The third-order valence-corrected chi connectivity index (χ3v) is 27.9. The summed E-state index contributed by atoms with van der Waals surface area (Å²) < 4.78 is 45.0. The van der Waals surface area contributed by atoms with E-state index in [0.717, 1.165) is 107 Å². The maximum atomic E-state index is 14.9. The number of Topliss-reactive ketones (excluding diaryl/α,β-unsaturated/α-hetero) is 2. The minimum atomic E-state index is -1.14. The highest BCUT2D eigenvalue weighted by molar-refractivity contribution is 6.35. The number of hydrogen-bond acceptors (Lipinski definition) is 23. The summed E-state index contributed by atoms with van der Waals surface area (Å²) >= 11 is 6.52. The minimum absolute atomic E-state index is 0.0140. The SMILES string of the molecule is CC(C)Cc1ccn(-c2cc(Cl)c3ccc(OCCN4CCOCC4)cc3n2)n1.CC[C@@H]1C[C@]1(CC(=O)[C@@H]1CC(Oc2cc(-n3ccc(NC(C)C)n3)nc3cc(OCCN4CCOCC4)ccc23)CN1C(=O)[C@@H](CC(=O)OC1C[C@@H]2C[C@@H]2C1)C(C)(C)C)C(=O)O.CC[C@@H]1C[C@]1(CC(=O)[C@@H]1C[C@@H](O)CN1C(=O)[C@@H](CC(=O)OC1C[C@@H]2C[C@@H]2C1)C(C)(C)C)C(=O)O. The number of amides is 2. The Hall–Kier alpha value is -8.87. The first-order valence-corrected chi connectivity index (χ1v) is 46.1. The molecule has 3 unspecified atom stereocenters. The van der Waals surface area contributed by atoms with Gasteiger partial charge in [-0.1, -0.05) is 93.7 Å². The van der Waals surface area contributed by atoms with Crippen LogP contribution in [-0.4, -0.2) is 246 Å². The molecule has 2 aromatic carbocycles. The van der Waals surface area contributed by atoms with Gasteiger partial charge >= 0.3 is 23.9 Å². The maximum Gasteiger partial charge on any atom is 0.310 e. The van der Waals surface area contributed by atoms with Gasteiger partial charge in [-0.25, -0.2) is 19.3 Å². The molecule has 125 heavy (non-hydrogen) atoms. The minimum Gasteiger partial charge on any atom is -0.492 e. The summed E-state index contributed by atoms with van der Waals surface area (Å²) in [7, 11) is 0. The Labute approximate surface area is 738 Å². The van der Waals surface area contributed by atoms with Gasteiger partial charge in [-0.05, 0) is 154 Å². The summed E-state index contributed by atoms with van der Waals surface area (Å²) in [5.74, 6) is 1.39. The lowest BCUT2D eigenvalue weighted by atomic mass is 9.77. The van der Waals surface area contributed by atoms with Crippen molar-refractivity contribution in [2.75, 3.05) is 97.3 Å². The Kier molecular flexibility index (Phi) is 28.8. The number of aliphatic hydroxyl groups is 1. The van der Waals surface area contributed by atoms with Crippen molar-refractivity contribution in [1.29, 1.82) is 0 Å². The zero-order chi connectivity index (χ0) is 89.1. The van der Waals surface area contributed by atoms with Crippen LogP contribution in [0.1, 0.15) is 192 Å². The Morgan fingerprint density at radius 1 is 0.568 bits per heavy atom. The number of morpholine rings is 2. The van der Waals surface area contributed by atoms with Crippen LogP contribution in [0.25, 0.3) is 33.4 Å². The lowest BCUT2D eigenvalue weighted by Gasteiger charge is -2.35. The number of nitrogens with one attached hydrogen (secondary N) is 1. The van der Waals surface area contributed by atoms with Crippen LogP contribution >= 0.6 is 11.6 Å². The number of carbonyl (C=O) groups excluding carboxylic acids is 6. The average molecular weight is 1750 g/mol. The van der Waals surface area contributed by atoms with Crippen molar-refractivity contribution in [3.63, 3.8) is 0 Å². The normalized spacial score (nSPS) is 27.3. The fourth-order valence-corrected chi connectivity index (χ4v) is 20.2. The first-order chi connectivity index (χ1) is 59.5. The van der Waals surface area contributed by atoms with E-state index in [2.05, 4.69) is 34.1 Å². The van der Waals surface area contributed by atoms with Crippen molar-refractivity contribution >= 4 is 86.5 Å². The molecule has 8 heterocycles. The molecule has 6 aliphatic carbocycles.